The third-order valence-corrected chi connectivity index (χ3v) is 10.6. The van der Waals surface area contributed by atoms with Gasteiger partial charge in [-0.1, -0.05) is 24.3 Å². The van der Waals surface area contributed by atoms with Crippen LogP contribution in [0.3, 0.4) is 0 Å². The smallest absolute Gasteiger partial charge is 0.244 e. The van der Waals surface area contributed by atoms with Gasteiger partial charge in [-0.3, -0.25) is 0 Å². The molecule has 0 aromatic rings. The molecule has 0 saturated carbocycles. The summed E-state index contributed by atoms with van der Waals surface area (Å²) in [5, 5.41) is 0. The van der Waals surface area contributed by atoms with Crippen molar-refractivity contribution in [1.29, 1.82) is 0 Å². The van der Waals surface area contributed by atoms with Gasteiger partial charge in [0.05, 0.1) is 23.0 Å². The molecule has 0 bridgehead atoms. The molecule has 0 heterocycles. The molecular formula is C13H20N2O9S4. The highest BCUT2D eigenvalue weighted by Crippen LogP contribution is 2.21. The number of nitrogens with zero attached hydrogens (tertiary/aromatic N) is 2. The van der Waals surface area contributed by atoms with E-state index in [2.05, 4.69) is 26.3 Å². The van der Waals surface area contributed by atoms with Crippen LogP contribution < -0.4 is 0 Å². The second-order valence-electron chi connectivity index (χ2n) is 4.95. The molecule has 0 radical (unpaired) electrons. The molecule has 0 spiro atoms. The van der Waals surface area contributed by atoms with Gasteiger partial charge in [0, 0.05) is 0 Å². The normalized spacial score (nSPS) is 12.6. The van der Waals surface area contributed by atoms with Gasteiger partial charge in [-0.15, -0.1) is 33.7 Å². The third kappa shape index (κ3) is 6.02. The van der Waals surface area contributed by atoms with Gasteiger partial charge < -0.3 is 0 Å². The zero-order valence-electron chi connectivity index (χ0n) is 14.7. The molecule has 0 rings (SSSR count). The van der Waals surface area contributed by atoms with E-state index in [1.165, 1.54) is 0 Å². The number of carbonyl (C=O) groups excluding carboxylic acids is 1. The lowest BCUT2D eigenvalue weighted by Gasteiger charge is -2.27. The van der Waals surface area contributed by atoms with E-state index in [9.17, 15) is 38.5 Å². The van der Waals surface area contributed by atoms with E-state index in [1.54, 1.807) is 0 Å². The molecule has 0 N–H and O–H groups in total. The minimum absolute atomic E-state index is 0.736. The minimum atomic E-state index is -5.04. The predicted molar refractivity (Wildman–Crippen MR) is 105 cm³/mol. The molecule has 0 atom stereocenters. The number of carbonyl (C=O) groups is 1. The van der Waals surface area contributed by atoms with Crippen molar-refractivity contribution in [2.24, 2.45) is 0 Å². The molecule has 0 aliphatic carbocycles. The van der Waals surface area contributed by atoms with Gasteiger partial charge in [-0.2, -0.15) is 0 Å². The first kappa shape index (κ1) is 26.0. The van der Waals surface area contributed by atoms with Crippen molar-refractivity contribution in [1.82, 2.24) is 7.42 Å². The van der Waals surface area contributed by atoms with E-state index < -0.39 is 76.6 Å². The summed E-state index contributed by atoms with van der Waals surface area (Å²) in [5.41, 5.74) is 0. The average molecular weight is 477 g/mol. The number of rotatable bonds is 12. The summed E-state index contributed by atoms with van der Waals surface area (Å²) in [4.78, 5) is 12.7. The lowest BCUT2D eigenvalue weighted by Crippen LogP contribution is -2.54. The van der Waals surface area contributed by atoms with Gasteiger partial charge in [-0.25, -0.2) is 38.5 Å². The first-order valence-electron chi connectivity index (χ1n) is 7.14. The van der Waals surface area contributed by atoms with Crippen molar-refractivity contribution in [2.75, 3.05) is 23.0 Å². The highest BCUT2D eigenvalue weighted by molar-refractivity contribution is 8.07. The molecule has 0 aliphatic rings. The van der Waals surface area contributed by atoms with Crippen molar-refractivity contribution in [3.63, 3.8) is 0 Å². The van der Waals surface area contributed by atoms with Crippen molar-refractivity contribution in [3.8, 4) is 0 Å². The monoisotopic (exact) mass is 476 g/mol. The Kier molecular flexibility index (Phi) is 8.82. The third-order valence-electron chi connectivity index (χ3n) is 2.64. The summed E-state index contributed by atoms with van der Waals surface area (Å²) >= 11 is 0. The van der Waals surface area contributed by atoms with Gasteiger partial charge in [0.2, 0.25) is 0 Å². The van der Waals surface area contributed by atoms with Crippen molar-refractivity contribution >= 4 is 46.1 Å². The first-order valence-corrected chi connectivity index (χ1v) is 13.6. The predicted octanol–water partition coefficient (Wildman–Crippen LogP) is -0.226. The average Bonchev–Trinajstić information content (AvgIpc) is 2.44. The Hall–Kier alpha value is -1.97. The Labute approximate surface area is 165 Å². The van der Waals surface area contributed by atoms with Crippen LogP contribution in [0.1, 0.15) is 0 Å². The van der Waals surface area contributed by atoms with Crippen molar-refractivity contribution < 1.29 is 38.5 Å². The maximum atomic E-state index is 12.7. The summed E-state index contributed by atoms with van der Waals surface area (Å²) in [7, 11) is -20.2. The van der Waals surface area contributed by atoms with Crippen molar-refractivity contribution in [2.45, 2.75) is 0 Å². The molecule has 0 fully saturated rings. The Morgan fingerprint density at radius 2 is 0.714 bits per heavy atom. The molecule has 15 heteroatoms. The van der Waals surface area contributed by atoms with Crippen LogP contribution in [0.4, 0.5) is 4.79 Å². The number of urea groups is 1. The second kappa shape index (κ2) is 9.49. The highest BCUT2D eigenvalue weighted by Gasteiger charge is 2.47. The molecule has 2 amide bonds. The van der Waals surface area contributed by atoms with Gasteiger partial charge in [0.25, 0.3) is 40.1 Å². The van der Waals surface area contributed by atoms with Gasteiger partial charge in [0.1, 0.15) is 0 Å². The fraction of sp³-hybridized carbons (Fsp3) is 0.308. The molecule has 0 saturated heterocycles. The van der Waals surface area contributed by atoms with Crippen LogP contribution in [0, 0.1) is 0 Å². The molecule has 160 valence electrons. The van der Waals surface area contributed by atoms with Crippen LogP contribution in [0.5, 0.6) is 0 Å². The summed E-state index contributed by atoms with van der Waals surface area (Å²) in [6, 6.07) is -2.33. The maximum absolute atomic E-state index is 12.7. The molecule has 0 unspecified atom stereocenters. The van der Waals surface area contributed by atoms with Crippen LogP contribution in [0.2, 0.25) is 0 Å². The molecule has 0 aliphatic heterocycles. The summed E-state index contributed by atoms with van der Waals surface area (Å²) in [5.74, 6) is -4.37. The van der Waals surface area contributed by atoms with Gasteiger partial charge >= 0.3 is 6.03 Å². The van der Waals surface area contributed by atoms with Crippen LogP contribution >= 0.6 is 0 Å². The SMILES string of the molecule is C=CCS(=O)(=O)N(C(=O)N(S(=O)(=O)CC=C)S(=O)(=O)CC=C)S(=O)(=O)CC=C. The Balaban J connectivity index is 7.03. The largest absolute Gasteiger partial charge is 0.375 e. The van der Waals surface area contributed by atoms with E-state index in [4.69, 9.17) is 0 Å². The summed E-state index contributed by atoms with van der Waals surface area (Å²) < 4.78 is 97.1. The second-order valence-corrected chi connectivity index (χ2v) is 12.9. The highest BCUT2D eigenvalue weighted by atomic mass is 32.3. The number of hydrogen-bond donors (Lipinski definition) is 0. The van der Waals surface area contributed by atoms with Crippen LogP contribution in [-0.2, 0) is 40.1 Å². The zero-order valence-corrected chi connectivity index (χ0v) is 17.9. The van der Waals surface area contributed by atoms with Gasteiger partial charge in [0.15, 0.2) is 0 Å². The Morgan fingerprint density at radius 1 is 0.536 bits per heavy atom. The maximum Gasteiger partial charge on any atom is 0.375 e. The lowest BCUT2D eigenvalue weighted by atomic mass is 10.8. The Morgan fingerprint density at radius 3 is 0.857 bits per heavy atom. The van der Waals surface area contributed by atoms with E-state index in [-0.39, 0.29) is 0 Å². The fourth-order valence-electron chi connectivity index (χ4n) is 1.76. The fourth-order valence-corrected chi connectivity index (χ4v) is 8.47. The van der Waals surface area contributed by atoms with Gasteiger partial charge in [-0.05, 0) is 0 Å². The van der Waals surface area contributed by atoms with Crippen molar-refractivity contribution in [3.05, 3.63) is 50.6 Å². The Bertz CT molecular complexity index is 903. The number of hydrogen-bond acceptors (Lipinski definition) is 9. The van der Waals surface area contributed by atoms with E-state index in [0.29, 0.717) is 0 Å². The quantitative estimate of drug-likeness (QED) is 0.347. The molecule has 0 aromatic carbocycles. The summed E-state index contributed by atoms with van der Waals surface area (Å²) in [6.45, 7) is 12.4. The van der Waals surface area contributed by atoms with Crippen LogP contribution in [0.25, 0.3) is 0 Å². The van der Waals surface area contributed by atoms with E-state index in [0.717, 1.165) is 24.3 Å². The minimum Gasteiger partial charge on any atom is -0.244 e. The first-order chi connectivity index (χ1) is 12.6. The molecule has 0 aromatic heterocycles. The van der Waals surface area contributed by atoms with E-state index in [1.807, 2.05) is 0 Å². The van der Waals surface area contributed by atoms with E-state index >= 15 is 0 Å². The topological polar surface area (TPSA) is 160 Å². The van der Waals surface area contributed by atoms with Crippen LogP contribution in [-0.4, -0.2) is 70.1 Å². The number of amides is 2. The lowest BCUT2D eigenvalue weighted by molar-refractivity contribution is 0.230. The molecular weight excluding hydrogens is 456 g/mol. The molecule has 28 heavy (non-hydrogen) atoms. The standard InChI is InChI=1S/C13H20N2O9S4/c1-5-9-25(17,18)14(26(19,20)10-6-2)13(16)15(27(21,22)11-7-3)28(23,24)12-8-4/h5-8H,1-4,9-12H2. The number of sulfonamides is 4. The zero-order chi connectivity index (χ0) is 22.4. The van der Waals surface area contributed by atoms with Crippen LogP contribution in [0.15, 0.2) is 50.6 Å². The summed E-state index contributed by atoms with van der Waals surface area (Å²) in [6.07, 6.45) is 2.94. The molecule has 11 nitrogen and oxygen atoms in total.